The van der Waals surface area contributed by atoms with Gasteiger partial charge in [-0.2, -0.15) is 0 Å². The predicted molar refractivity (Wildman–Crippen MR) is 85.7 cm³/mol. The maximum atomic E-state index is 9.39. The molecule has 3 rings (SSSR count). The van der Waals surface area contributed by atoms with E-state index in [0.717, 1.165) is 36.3 Å². The number of aromatic hydroxyl groups is 1. The molecule has 0 bridgehead atoms. The van der Waals surface area contributed by atoms with E-state index in [-0.39, 0.29) is 0 Å². The number of aryl methyl sites for hydroxylation is 2. The first kappa shape index (κ1) is 13.7. The van der Waals surface area contributed by atoms with E-state index in [1.165, 1.54) is 11.1 Å². The van der Waals surface area contributed by atoms with Crippen LogP contribution in [0.1, 0.15) is 30.3 Å². The van der Waals surface area contributed by atoms with Crippen LogP contribution in [-0.2, 0) is 13.0 Å². The number of phenolic OH excluding ortho intramolecular Hbond substituents is 1. The van der Waals surface area contributed by atoms with Crippen LogP contribution in [0, 0.1) is 6.92 Å². The van der Waals surface area contributed by atoms with Crippen molar-refractivity contribution in [1.29, 1.82) is 0 Å². The molecule has 1 heterocycles. The molecule has 0 unspecified atom stereocenters. The average molecular weight is 280 g/mol. The van der Waals surface area contributed by atoms with Crippen LogP contribution in [0.2, 0.25) is 0 Å². The Kier molecular flexibility index (Phi) is 3.65. The van der Waals surface area contributed by atoms with Gasteiger partial charge in [-0.3, -0.25) is 0 Å². The number of rotatable bonds is 4. The lowest BCUT2D eigenvalue weighted by molar-refractivity contribution is 0.475. The summed E-state index contributed by atoms with van der Waals surface area (Å²) < 4.78 is 2.31. The molecule has 0 spiro atoms. The summed E-state index contributed by atoms with van der Waals surface area (Å²) in [6.45, 7) is 5.26. The third-order valence-electron chi connectivity index (χ3n) is 3.73. The lowest BCUT2D eigenvalue weighted by atomic mass is 10.1. The first-order valence-corrected chi connectivity index (χ1v) is 7.41. The van der Waals surface area contributed by atoms with Crippen molar-refractivity contribution in [2.75, 3.05) is 0 Å². The van der Waals surface area contributed by atoms with E-state index in [4.69, 9.17) is 4.98 Å². The molecule has 3 heteroatoms. The van der Waals surface area contributed by atoms with Crippen molar-refractivity contribution in [1.82, 2.24) is 9.55 Å². The zero-order valence-corrected chi connectivity index (χ0v) is 12.5. The number of aromatic nitrogens is 2. The Morgan fingerprint density at radius 2 is 1.86 bits per heavy atom. The summed E-state index contributed by atoms with van der Waals surface area (Å²) in [4.78, 5) is 4.81. The lowest BCUT2D eigenvalue weighted by Gasteiger charge is -2.08. The van der Waals surface area contributed by atoms with Crippen molar-refractivity contribution in [2.45, 2.75) is 33.2 Å². The van der Waals surface area contributed by atoms with Crippen molar-refractivity contribution >= 4 is 11.0 Å². The lowest BCUT2D eigenvalue weighted by Crippen LogP contribution is -2.04. The number of imidazole rings is 1. The van der Waals surface area contributed by atoms with Gasteiger partial charge in [0.2, 0.25) is 0 Å². The van der Waals surface area contributed by atoms with E-state index in [2.05, 4.69) is 36.6 Å². The highest BCUT2D eigenvalue weighted by molar-refractivity contribution is 5.77. The second kappa shape index (κ2) is 5.60. The molecule has 108 valence electrons. The molecule has 0 aliphatic heterocycles. The molecule has 0 saturated heterocycles. The Morgan fingerprint density at radius 1 is 1.10 bits per heavy atom. The SMILES string of the molecule is CCCn1c(Cc2ccc(O)cc2)nc2cc(C)ccc21. The summed E-state index contributed by atoms with van der Waals surface area (Å²) in [5.41, 5.74) is 4.67. The van der Waals surface area contributed by atoms with Crippen LogP contribution >= 0.6 is 0 Å². The van der Waals surface area contributed by atoms with Gasteiger partial charge in [0.1, 0.15) is 11.6 Å². The summed E-state index contributed by atoms with van der Waals surface area (Å²) in [5, 5.41) is 9.39. The molecule has 0 radical (unpaired) electrons. The van der Waals surface area contributed by atoms with Crippen LogP contribution in [0.15, 0.2) is 42.5 Å². The summed E-state index contributed by atoms with van der Waals surface area (Å²) in [6.07, 6.45) is 1.87. The number of fused-ring (bicyclic) bond motifs is 1. The monoisotopic (exact) mass is 280 g/mol. The summed E-state index contributed by atoms with van der Waals surface area (Å²) in [5.74, 6) is 1.39. The Hall–Kier alpha value is -2.29. The van der Waals surface area contributed by atoms with Crippen molar-refractivity contribution in [2.24, 2.45) is 0 Å². The third kappa shape index (κ3) is 2.77. The molecule has 0 amide bonds. The zero-order valence-electron chi connectivity index (χ0n) is 12.5. The van der Waals surface area contributed by atoms with Crippen molar-refractivity contribution in [3.63, 3.8) is 0 Å². The number of phenols is 1. The molecule has 1 aromatic heterocycles. The highest BCUT2D eigenvalue weighted by Crippen LogP contribution is 2.21. The normalized spacial score (nSPS) is 11.1. The maximum Gasteiger partial charge on any atom is 0.115 e. The van der Waals surface area contributed by atoms with Crippen molar-refractivity contribution in [3.8, 4) is 5.75 Å². The molecular formula is C18H20N2O. The van der Waals surface area contributed by atoms with Gasteiger partial charge >= 0.3 is 0 Å². The van der Waals surface area contributed by atoms with Crippen molar-refractivity contribution in [3.05, 3.63) is 59.4 Å². The number of nitrogens with zero attached hydrogens (tertiary/aromatic N) is 2. The Balaban J connectivity index is 2.03. The van der Waals surface area contributed by atoms with E-state index in [1.807, 2.05) is 12.1 Å². The fourth-order valence-electron chi connectivity index (χ4n) is 2.69. The van der Waals surface area contributed by atoms with Crippen molar-refractivity contribution < 1.29 is 5.11 Å². The van der Waals surface area contributed by atoms with Crippen LogP contribution in [0.3, 0.4) is 0 Å². The van der Waals surface area contributed by atoms with Gasteiger partial charge in [0.25, 0.3) is 0 Å². The van der Waals surface area contributed by atoms with E-state index in [9.17, 15) is 5.11 Å². The van der Waals surface area contributed by atoms with Gasteiger partial charge in [0.05, 0.1) is 11.0 Å². The summed E-state index contributed by atoms with van der Waals surface area (Å²) in [6, 6.07) is 13.8. The fraction of sp³-hybridized carbons (Fsp3) is 0.278. The van der Waals surface area contributed by atoms with Gasteiger partial charge in [0, 0.05) is 13.0 Å². The molecule has 21 heavy (non-hydrogen) atoms. The first-order chi connectivity index (χ1) is 10.2. The summed E-state index contributed by atoms with van der Waals surface area (Å²) >= 11 is 0. The van der Waals surface area contributed by atoms with Gasteiger partial charge in [-0.05, 0) is 48.7 Å². The second-order valence-electron chi connectivity index (χ2n) is 5.52. The van der Waals surface area contributed by atoms with Gasteiger partial charge < -0.3 is 9.67 Å². The van der Waals surface area contributed by atoms with Crippen LogP contribution in [0.25, 0.3) is 11.0 Å². The quantitative estimate of drug-likeness (QED) is 0.783. The predicted octanol–water partition coefficient (Wildman–Crippen LogP) is 4.05. The largest absolute Gasteiger partial charge is 0.508 e. The topological polar surface area (TPSA) is 38.0 Å². The van der Waals surface area contributed by atoms with Gasteiger partial charge in [-0.1, -0.05) is 25.1 Å². The Morgan fingerprint density at radius 3 is 2.57 bits per heavy atom. The molecular weight excluding hydrogens is 260 g/mol. The molecule has 0 aliphatic rings. The Bertz CT molecular complexity index is 757. The number of hydrogen-bond acceptors (Lipinski definition) is 2. The van der Waals surface area contributed by atoms with Crippen LogP contribution in [0.4, 0.5) is 0 Å². The molecule has 2 aromatic carbocycles. The molecule has 0 aliphatic carbocycles. The van der Waals surface area contributed by atoms with E-state index in [0.29, 0.717) is 5.75 Å². The molecule has 0 fully saturated rings. The maximum absolute atomic E-state index is 9.39. The van der Waals surface area contributed by atoms with Gasteiger partial charge in [-0.25, -0.2) is 4.98 Å². The minimum Gasteiger partial charge on any atom is -0.508 e. The smallest absolute Gasteiger partial charge is 0.115 e. The second-order valence-corrected chi connectivity index (χ2v) is 5.52. The van der Waals surface area contributed by atoms with Gasteiger partial charge in [0.15, 0.2) is 0 Å². The minimum atomic E-state index is 0.302. The third-order valence-corrected chi connectivity index (χ3v) is 3.73. The van der Waals surface area contributed by atoms with E-state index in [1.54, 1.807) is 12.1 Å². The molecule has 1 N–H and O–H groups in total. The minimum absolute atomic E-state index is 0.302. The first-order valence-electron chi connectivity index (χ1n) is 7.41. The molecule has 3 nitrogen and oxygen atoms in total. The number of benzene rings is 2. The van der Waals surface area contributed by atoms with Crippen LogP contribution in [-0.4, -0.2) is 14.7 Å². The standard InChI is InChI=1S/C18H20N2O/c1-3-10-20-17-9-4-13(2)11-16(17)19-18(20)12-14-5-7-15(21)8-6-14/h4-9,11,21H,3,10,12H2,1-2H3. The van der Waals surface area contributed by atoms with E-state index < -0.39 is 0 Å². The zero-order chi connectivity index (χ0) is 14.8. The van der Waals surface area contributed by atoms with E-state index >= 15 is 0 Å². The Labute approximate surface area is 124 Å². The highest BCUT2D eigenvalue weighted by atomic mass is 16.3. The molecule has 3 aromatic rings. The fourth-order valence-corrected chi connectivity index (χ4v) is 2.69. The van der Waals surface area contributed by atoms with Crippen LogP contribution in [0.5, 0.6) is 5.75 Å². The molecule has 0 atom stereocenters. The highest BCUT2D eigenvalue weighted by Gasteiger charge is 2.10. The summed E-state index contributed by atoms with van der Waals surface area (Å²) in [7, 11) is 0. The molecule has 0 saturated carbocycles. The number of hydrogen-bond donors (Lipinski definition) is 1. The van der Waals surface area contributed by atoms with Crippen LogP contribution < -0.4 is 0 Å². The average Bonchev–Trinajstić information content (AvgIpc) is 2.79. The van der Waals surface area contributed by atoms with Gasteiger partial charge in [-0.15, -0.1) is 0 Å².